The van der Waals surface area contributed by atoms with Crippen molar-refractivity contribution in [3.05, 3.63) is 54.0 Å². The van der Waals surface area contributed by atoms with Gasteiger partial charge in [-0.3, -0.25) is 0 Å². The number of rotatable bonds is 3. The van der Waals surface area contributed by atoms with E-state index in [-0.39, 0.29) is 0 Å². The molecule has 2 nitrogen and oxygen atoms in total. The summed E-state index contributed by atoms with van der Waals surface area (Å²) in [5, 5.41) is 0. The monoisotopic (exact) mass is 187 g/mol. The van der Waals surface area contributed by atoms with Crippen LogP contribution in [0.5, 0.6) is 5.75 Å². The summed E-state index contributed by atoms with van der Waals surface area (Å²) < 4.78 is 10.2. The molecule has 2 aromatic rings. The van der Waals surface area contributed by atoms with Crippen molar-refractivity contribution >= 4 is 0 Å². The molecule has 0 spiro atoms. The molecular weight excluding hydrogens is 176 g/mol. The van der Waals surface area contributed by atoms with E-state index in [4.69, 9.17) is 9.15 Å². The molecule has 0 unspecified atom stereocenters. The van der Waals surface area contributed by atoms with Crippen LogP contribution < -0.4 is 4.74 Å². The van der Waals surface area contributed by atoms with Gasteiger partial charge in [0.15, 0.2) is 6.26 Å². The molecule has 1 heterocycles. The summed E-state index contributed by atoms with van der Waals surface area (Å²) in [6.07, 6.45) is 3.47. The molecule has 0 aliphatic heterocycles. The lowest BCUT2D eigenvalue weighted by molar-refractivity contribution is 0.414. The predicted molar refractivity (Wildman–Crippen MR) is 53.3 cm³/mol. The Kier molecular flexibility index (Phi) is 2.54. The molecule has 14 heavy (non-hydrogen) atoms. The molecule has 0 saturated heterocycles. The van der Waals surface area contributed by atoms with Crippen molar-refractivity contribution in [2.24, 2.45) is 0 Å². The Morgan fingerprint density at radius 3 is 2.57 bits per heavy atom. The summed E-state index contributed by atoms with van der Waals surface area (Å²) in [6, 6.07) is 11.6. The third-order valence-corrected chi connectivity index (χ3v) is 2.06. The van der Waals surface area contributed by atoms with E-state index in [1.807, 2.05) is 30.3 Å². The molecule has 0 saturated carbocycles. The molecule has 2 rings (SSSR count). The van der Waals surface area contributed by atoms with Crippen molar-refractivity contribution in [2.75, 3.05) is 7.11 Å². The summed E-state index contributed by atoms with van der Waals surface area (Å²) in [5.41, 5.74) is 1.20. The third-order valence-electron chi connectivity index (χ3n) is 2.06. The van der Waals surface area contributed by atoms with Crippen LogP contribution in [-0.2, 0) is 6.42 Å². The first kappa shape index (κ1) is 8.88. The average molecular weight is 187 g/mol. The molecule has 1 aromatic heterocycles. The zero-order valence-corrected chi connectivity index (χ0v) is 7.99. The van der Waals surface area contributed by atoms with Gasteiger partial charge in [-0.1, -0.05) is 12.1 Å². The summed E-state index contributed by atoms with van der Waals surface area (Å²) in [5.74, 6) is 1.80. The second-order valence-corrected chi connectivity index (χ2v) is 3.04. The smallest absolute Gasteiger partial charge is 0.169 e. The Bertz CT molecular complexity index is 373. The normalized spacial score (nSPS) is 10.1. The zero-order chi connectivity index (χ0) is 9.80. The van der Waals surface area contributed by atoms with Crippen LogP contribution in [0.1, 0.15) is 11.3 Å². The molecule has 0 aliphatic carbocycles. The third kappa shape index (κ3) is 1.96. The quantitative estimate of drug-likeness (QED) is 0.737. The first-order chi connectivity index (χ1) is 6.88. The highest BCUT2D eigenvalue weighted by Crippen LogP contribution is 2.14. The van der Waals surface area contributed by atoms with Gasteiger partial charge < -0.3 is 9.15 Å². The summed E-state index contributed by atoms with van der Waals surface area (Å²) in [6.45, 7) is 0. The second kappa shape index (κ2) is 4.01. The predicted octanol–water partition coefficient (Wildman–Crippen LogP) is 2.68. The summed E-state index contributed by atoms with van der Waals surface area (Å²) in [7, 11) is 1.66. The number of hydrogen-bond donors (Lipinski definition) is 0. The number of ether oxygens (including phenoxy) is 1. The molecule has 0 amide bonds. The van der Waals surface area contributed by atoms with Gasteiger partial charge in [-0.15, -0.1) is 0 Å². The minimum atomic E-state index is 0.799. The molecule has 0 atom stereocenters. The lowest BCUT2D eigenvalue weighted by Gasteiger charge is -2.01. The van der Waals surface area contributed by atoms with Gasteiger partial charge in [-0.05, 0) is 29.8 Å². The molecule has 0 bridgehead atoms. The van der Waals surface area contributed by atoms with E-state index in [1.54, 1.807) is 13.2 Å². The van der Waals surface area contributed by atoms with Gasteiger partial charge in [0.2, 0.25) is 0 Å². The van der Waals surface area contributed by atoms with Crippen molar-refractivity contribution in [1.29, 1.82) is 0 Å². The van der Waals surface area contributed by atoms with Crippen LogP contribution in [-0.4, -0.2) is 7.11 Å². The van der Waals surface area contributed by atoms with Gasteiger partial charge in [0.05, 0.1) is 7.11 Å². The van der Waals surface area contributed by atoms with Gasteiger partial charge >= 0.3 is 0 Å². The van der Waals surface area contributed by atoms with E-state index in [0.29, 0.717) is 0 Å². The highest BCUT2D eigenvalue weighted by molar-refractivity contribution is 5.29. The Morgan fingerprint density at radius 2 is 2.00 bits per heavy atom. The van der Waals surface area contributed by atoms with Gasteiger partial charge in [0.1, 0.15) is 11.5 Å². The molecule has 0 N–H and O–H groups in total. The lowest BCUT2D eigenvalue weighted by Crippen LogP contribution is -1.86. The van der Waals surface area contributed by atoms with Crippen LogP contribution in [0.2, 0.25) is 0 Å². The first-order valence-electron chi connectivity index (χ1n) is 4.46. The van der Waals surface area contributed by atoms with E-state index < -0.39 is 0 Å². The minimum absolute atomic E-state index is 0.799. The van der Waals surface area contributed by atoms with Gasteiger partial charge in [0, 0.05) is 6.42 Å². The molecule has 0 aliphatic rings. The van der Waals surface area contributed by atoms with Crippen LogP contribution in [0.3, 0.4) is 0 Å². The summed E-state index contributed by atoms with van der Waals surface area (Å²) >= 11 is 0. The van der Waals surface area contributed by atoms with Gasteiger partial charge in [-0.2, -0.15) is 0 Å². The van der Waals surface area contributed by atoms with E-state index in [9.17, 15) is 0 Å². The Balaban J connectivity index is 2.10. The number of furan rings is 1. The van der Waals surface area contributed by atoms with Crippen LogP contribution in [0, 0.1) is 6.26 Å². The number of hydrogen-bond acceptors (Lipinski definition) is 2. The molecular formula is C12H11O2. The number of benzene rings is 1. The largest absolute Gasteiger partial charge is 0.497 e. The maximum atomic E-state index is 5.14. The fourth-order valence-electron chi connectivity index (χ4n) is 1.31. The van der Waals surface area contributed by atoms with Crippen LogP contribution in [0.15, 0.2) is 40.8 Å². The first-order valence-corrected chi connectivity index (χ1v) is 4.46. The second-order valence-electron chi connectivity index (χ2n) is 3.04. The van der Waals surface area contributed by atoms with E-state index in [0.717, 1.165) is 17.9 Å². The maximum absolute atomic E-state index is 5.14. The Hall–Kier alpha value is -1.70. The van der Waals surface area contributed by atoms with E-state index >= 15 is 0 Å². The molecule has 2 heteroatoms. The van der Waals surface area contributed by atoms with Crippen LogP contribution in [0.4, 0.5) is 0 Å². The minimum Gasteiger partial charge on any atom is -0.497 e. The number of methoxy groups -OCH3 is 1. The highest BCUT2D eigenvalue weighted by Gasteiger charge is 1.98. The standard InChI is InChI=1S/C12H11O2/c1-13-11-6-4-10(5-7-11)9-12-3-2-8-14-12/h2-7H,9H2,1H3. The van der Waals surface area contributed by atoms with Crippen molar-refractivity contribution in [2.45, 2.75) is 6.42 Å². The Labute approximate surface area is 83.1 Å². The topological polar surface area (TPSA) is 22.4 Å². The van der Waals surface area contributed by atoms with Gasteiger partial charge in [0.25, 0.3) is 0 Å². The Morgan fingerprint density at radius 1 is 1.21 bits per heavy atom. The van der Waals surface area contributed by atoms with Crippen molar-refractivity contribution < 1.29 is 9.15 Å². The van der Waals surface area contributed by atoms with Crippen LogP contribution >= 0.6 is 0 Å². The van der Waals surface area contributed by atoms with E-state index in [1.165, 1.54) is 5.56 Å². The molecule has 1 aromatic carbocycles. The average Bonchev–Trinajstić information content (AvgIpc) is 2.72. The molecule has 1 radical (unpaired) electrons. The van der Waals surface area contributed by atoms with Crippen molar-refractivity contribution in [3.8, 4) is 5.75 Å². The lowest BCUT2D eigenvalue weighted by atomic mass is 10.1. The fraction of sp³-hybridized carbons (Fsp3) is 0.167. The van der Waals surface area contributed by atoms with E-state index in [2.05, 4.69) is 6.26 Å². The summed E-state index contributed by atoms with van der Waals surface area (Å²) in [4.78, 5) is 0. The highest BCUT2D eigenvalue weighted by atomic mass is 16.5. The molecule has 0 fully saturated rings. The molecule has 71 valence electrons. The maximum Gasteiger partial charge on any atom is 0.169 e. The van der Waals surface area contributed by atoms with Crippen molar-refractivity contribution in [1.82, 2.24) is 0 Å². The van der Waals surface area contributed by atoms with Gasteiger partial charge in [-0.25, -0.2) is 0 Å². The fourth-order valence-corrected chi connectivity index (χ4v) is 1.31. The SMILES string of the molecule is COc1ccc(Cc2cc[c]o2)cc1. The zero-order valence-electron chi connectivity index (χ0n) is 7.99. The van der Waals surface area contributed by atoms with Crippen molar-refractivity contribution in [3.63, 3.8) is 0 Å². The van der Waals surface area contributed by atoms with Crippen LogP contribution in [0.25, 0.3) is 0 Å².